The van der Waals surface area contributed by atoms with E-state index < -0.39 is 0 Å². The normalized spacial score (nSPS) is 26.9. The zero-order valence-electron chi connectivity index (χ0n) is 24.5. The highest BCUT2D eigenvalue weighted by molar-refractivity contribution is 5.87. The van der Waals surface area contributed by atoms with Crippen LogP contribution >= 0.6 is 0 Å². The maximum atomic E-state index is 13.2. The van der Waals surface area contributed by atoms with Crippen LogP contribution in [0.2, 0.25) is 0 Å². The van der Waals surface area contributed by atoms with E-state index in [1.165, 1.54) is 11.1 Å². The molecule has 3 aliphatic rings. The van der Waals surface area contributed by atoms with Gasteiger partial charge in [0.1, 0.15) is 11.5 Å². The number of benzene rings is 2. The predicted molar refractivity (Wildman–Crippen MR) is 156 cm³/mol. The van der Waals surface area contributed by atoms with Gasteiger partial charge in [-0.05, 0) is 91.0 Å². The van der Waals surface area contributed by atoms with Crippen molar-refractivity contribution in [3.63, 3.8) is 0 Å². The van der Waals surface area contributed by atoms with Crippen LogP contribution < -0.4 is 0 Å². The summed E-state index contributed by atoms with van der Waals surface area (Å²) in [5.74, 6) is 2.81. The fraction of sp³-hybridized carbons (Fsp3) is 0.588. The number of nitrogens with zero attached hydrogens (tertiary/aromatic N) is 1. The number of carbonyl (C=O) groups excluding carboxylic acids is 2. The second-order valence-corrected chi connectivity index (χ2v) is 11.2. The minimum Gasteiger partial charge on any atom is -0.508 e. The molecule has 2 saturated carbocycles. The van der Waals surface area contributed by atoms with Gasteiger partial charge in [-0.25, -0.2) is 0 Å². The van der Waals surface area contributed by atoms with Crippen molar-refractivity contribution in [1.82, 2.24) is 4.90 Å². The van der Waals surface area contributed by atoms with Crippen LogP contribution in [0.5, 0.6) is 5.75 Å². The number of Topliss-reactive ketones (excluding diaryl/α,β-unsaturated/α-hetero) is 1. The van der Waals surface area contributed by atoms with Crippen LogP contribution in [0.15, 0.2) is 48.5 Å². The zero-order chi connectivity index (χ0) is 27.9. The molecular weight excluding hydrogens is 470 g/mol. The van der Waals surface area contributed by atoms with Gasteiger partial charge >= 0.3 is 0 Å². The summed E-state index contributed by atoms with van der Waals surface area (Å²) in [6.45, 7) is 10.9. The third-order valence-electron chi connectivity index (χ3n) is 9.21. The van der Waals surface area contributed by atoms with Crippen molar-refractivity contribution in [1.29, 1.82) is 0 Å². The van der Waals surface area contributed by atoms with E-state index >= 15 is 0 Å². The molecule has 2 fully saturated rings. The summed E-state index contributed by atoms with van der Waals surface area (Å²) in [4.78, 5) is 27.8. The largest absolute Gasteiger partial charge is 0.508 e. The number of phenols is 1. The van der Waals surface area contributed by atoms with Crippen LogP contribution in [-0.2, 0) is 22.6 Å². The third kappa shape index (κ3) is 6.16. The summed E-state index contributed by atoms with van der Waals surface area (Å²) >= 11 is 0. The fourth-order valence-electron chi connectivity index (χ4n) is 7.55. The molecule has 38 heavy (non-hydrogen) atoms. The van der Waals surface area contributed by atoms with Crippen molar-refractivity contribution in [2.75, 3.05) is 7.05 Å². The van der Waals surface area contributed by atoms with Gasteiger partial charge in [0.15, 0.2) is 0 Å². The van der Waals surface area contributed by atoms with Crippen LogP contribution in [-0.4, -0.2) is 28.7 Å². The summed E-state index contributed by atoms with van der Waals surface area (Å²) in [6, 6.07) is 16.0. The smallest absolute Gasteiger partial charge is 0.222 e. The Morgan fingerprint density at radius 3 is 2.47 bits per heavy atom. The summed E-state index contributed by atoms with van der Waals surface area (Å²) in [5.41, 5.74) is 3.63. The SMILES string of the molecule is CC.CC.CN(Cc1ccccc1)C(=O)CCCC1CC(=O)C2(C)CCC3c4ccc(O)cc4CCC3[C@H]12. The minimum absolute atomic E-state index is 0.184. The number of hydrogen-bond donors (Lipinski definition) is 1. The van der Waals surface area contributed by atoms with Crippen LogP contribution in [0.4, 0.5) is 0 Å². The molecule has 0 radical (unpaired) electrons. The molecule has 4 nitrogen and oxygen atoms in total. The van der Waals surface area contributed by atoms with Gasteiger partial charge in [0.25, 0.3) is 0 Å². The molecule has 3 aliphatic carbocycles. The van der Waals surface area contributed by atoms with Crippen LogP contribution in [0, 0.1) is 23.2 Å². The number of phenolic OH excluding ortho intramolecular Hbond substituents is 1. The summed E-state index contributed by atoms with van der Waals surface area (Å²) in [6.07, 6.45) is 7.16. The van der Waals surface area contributed by atoms with Crippen molar-refractivity contribution in [2.24, 2.45) is 23.2 Å². The van der Waals surface area contributed by atoms with Gasteiger partial charge in [-0.2, -0.15) is 0 Å². The lowest BCUT2D eigenvalue weighted by Gasteiger charge is -2.50. The predicted octanol–water partition coefficient (Wildman–Crippen LogP) is 7.92. The molecule has 5 rings (SSSR count). The molecule has 2 aromatic carbocycles. The van der Waals surface area contributed by atoms with Crippen molar-refractivity contribution in [3.05, 3.63) is 65.2 Å². The molecular formula is C34H49NO3. The molecule has 1 amide bonds. The first-order valence-corrected chi connectivity index (χ1v) is 15.0. The topological polar surface area (TPSA) is 57.6 Å². The van der Waals surface area contributed by atoms with Gasteiger partial charge in [0.2, 0.25) is 5.91 Å². The second kappa shape index (κ2) is 13.4. The Labute approximate surface area is 230 Å². The maximum Gasteiger partial charge on any atom is 0.222 e. The summed E-state index contributed by atoms with van der Waals surface area (Å²) in [7, 11) is 1.88. The molecule has 5 atom stereocenters. The Balaban J connectivity index is 0.000000956. The number of aromatic hydroxyl groups is 1. The first-order chi connectivity index (χ1) is 18.4. The molecule has 0 bridgehead atoms. The quantitative estimate of drug-likeness (QED) is 0.422. The fourth-order valence-corrected chi connectivity index (χ4v) is 7.55. The third-order valence-corrected chi connectivity index (χ3v) is 9.21. The van der Waals surface area contributed by atoms with E-state index in [9.17, 15) is 14.7 Å². The van der Waals surface area contributed by atoms with Gasteiger partial charge in [0, 0.05) is 31.8 Å². The molecule has 2 aromatic rings. The molecule has 0 heterocycles. The molecule has 0 aliphatic heterocycles. The van der Waals surface area contributed by atoms with Crippen LogP contribution in [0.3, 0.4) is 0 Å². The summed E-state index contributed by atoms with van der Waals surface area (Å²) in [5, 5.41) is 9.94. The van der Waals surface area contributed by atoms with Crippen LogP contribution in [0.25, 0.3) is 0 Å². The van der Waals surface area contributed by atoms with E-state index in [-0.39, 0.29) is 11.3 Å². The molecule has 0 aromatic heterocycles. The highest BCUT2D eigenvalue weighted by Gasteiger charge is 2.58. The van der Waals surface area contributed by atoms with Crippen molar-refractivity contribution >= 4 is 11.7 Å². The van der Waals surface area contributed by atoms with E-state index in [0.717, 1.165) is 44.1 Å². The molecule has 4 unspecified atom stereocenters. The number of fused-ring (bicyclic) bond motifs is 5. The highest BCUT2D eigenvalue weighted by atomic mass is 16.3. The van der Waals surface area contributed by atoms with E-state index in [1.54, 1.807) is 0 Å². The first-order valence-electron chi connectivity index (χ1n) is 15.0. The molecule has 208 valence electrons. The number of hydrogen-bond acceptors (Lipinski definition) is 3. The van der Waals surface area contributed by atoms with Crippen LogP contribution in [0.1, 0.15) is 102 Å². The van der Waals surface area contributed by atoms with Gasteiger partial charge in [-0.3, -0.25) is 9.59 Å². The summed E-state index contributed by atoms with van der Waals surface area (Å²) < 4.78 is 0. The van der Waals surface area contributed by atoms with Crippen molar-refractivity contribution < 1.29 is 14.7 Å². The van der Waals surface area contributed by atoms with Gasteiger partial charge < -0.3 is 10.0 Å². The second-order valence-electron chi connectivity index (χ2n) is 11.2. The Hall–Kier alpha value is -2.62. The Morgan fingerprint density at radius 2 is 1.76 bits per heavy atom. The van der Waals surface area contributed by atoms with Crippen molar-refractivity contribution in [3.8, 4) is 5.75 Å². The highest BCUT2D eigenvalue weighted by Crippen LogP contribution is 2.62. The number of rotatable bonds is 6. The number of ketones is 1. The lowest BCUT2D eigenvalue weighted by atomic mass is 9.54. The molecule has 0 saturated heterocycles. The monoisotopic (exact) mass is 519 g/mol. The van der Waals surface area contributed by atoms with Gasteiger partial charge in [-0.1, -0.05) is 71.0 Å². The minimum atomic E-state index is -0.200. The van der Waals surface area contributed by atoms with E-state index in [4.69, 9.17) is 0 Å². The van der Waals surface area contributed by atoms with Gasteiger partial charge in [-0.15, -0.1) is 0 Å². The Bertz CT molecular complexity index is 1060. The molecule has 0 spiro atoms. The van der Waals surface area contributed by atoms with E-state index in [2.05, 4.69) is 25.1 Å². The zero-order valence-corrected chi connectivity index (χ0v) is 24.5. The maximum absolute atomic E-state index is 13.2. The molecule has 1 N–H and O–H groups in total. The van der Waals surface area contributed by atoms with Gasteiger partial charge in [0.05, 0.1) is 0 Å². The lowest BCUT2D eigenvalue weighted by Crippen LogP contribution is -2.44. The lowest BCUT2D eigenvalue weighted by molar-refractivity contribution is -0.131. The first kappa shape index (κ1) is 29.9. The number of aryl methyl sites for hydroxylation is 1. The molecule has 4 heteroatoms. The van der Waals surface area contributed by atoms with E-state index in [1.807, 2.05) is 70.0 Å². The standard InChI is InChI=1S/C30H37NO3.2C2H6/c1-30-16-15-25-24-14-12-23(32)17-21(24)11-13-26(25)29(30)22(18-27(30)33)9-6-10-28(34)31(2)19-20-7-4-3-5-8-20;2*1-2/h3-5,7-8,12,14,17,22,25-26,29,32H,6,9-11,13,15-16,18-19H2,1-2H3;2*1-2H3/t22?,25?,26?,29-,30?;;/m0../s1. The van der Waals surface area contributed by atoms with Crippen molar-refractivity contribution in [2.45, 2.75) is 98.4 Å². The number of carbonyl (C=O) groups is 2. The average Bonchev–Trinajstić information content (AvgIpc) is 3.20. The Morgan fingerprint density at radius 1 is 1.05 bits per heavy atom. The van der Waals surface area contributed by atoms with E-state index in [0.29, 0.717) is 54.6 Å². The average molecular weight is 520 g/mol. The Kier molecular flexibility index (Phi) is 10.6. The number of amides is 1.